The van der Waals surface area contributed by atoms with Gasteiger partial charge in [-0.1, -0.05) is 6.07 Å². The topological polar surface area (TPSA) is 88.9 Å². The average molecular weight is 456 g/mol. The quantitative estimate of drug-likeness (QED) is 0.753. The van der Waals surface area contributed by atoms with Crippen molar-refractivity contribution in [2.45, 2.75) is 52.3 Å². The van der Waals surface area contributed by atoms with Gasteiger partial charge in [-0.05, 0) is 70.3 Å². The molecule has 2 aliphatic rings. The number of ether oxygens (including phenoxy) is 2. The van der Waals surface area contributed by atoms with E-state index in [2.05, 4.69) is 10.4 Å². The number of hydrogen-bond donors (Lipinski definition) is 1. The van der Waals surface area contributed by atoms with Gasteiger partial charge >= 0.3 is 12.2 Å². The van der Waals surface area contributed by atoms with Gasteiger partial charge in [-0.2, -0.15) is 5.10 Å². The average Bonchev–Trinajstić information content (AvgIpc) is 3.26. The third kappa shape index (κ3) is 4.98. The molecule has 2 amide bonds. The predicted octanol–water partition coefficient (Wildman–Crippen LogP) is 3.88. The Morgan fingerprint density at radius 1 is 1.15 bits per heavy atom. The van der Waals surface area contributed by atoms with Crippen molar-refractivity contribution >= 4 is 23.6 Å². The van der Waals surface area contributed by atoms with Crippen molar-refractivity contribution < 1.29 is 19.1 Å². The highest BCUT2D eigenvalue weighted by Crippen LogP contribution is 2.39. The van der Waals surface area contributed by atoms with E-state index in [0.717, 1.165) is 43.6 Å². The molecule has 9 heteroatoms. The molecule has 3 heterocycles. The Balaban J connectivity index is 1.65. The number of amides is 2. The summed E-state index contributed by atoms with van der Waals surface area (Å²) in [6.45, 7) is 8.84. The lowest BCUT2D eigenvalue weighted by Crippen LogP contribution is -2.52. The summed E-state index contributed by atoms with van der Waals surface area (Å²) in [6.07, 6.45) is 5.08. The van der Waals surface area contributed by atoms with Gasteiger partial charge in [0.25, 0.3) is 0 Å². The van der Waals surface area contributed by atoms with E-state index >= 15 is 0 Å². The molecule has 4 rings (SSSR count). The molecule has 1 saturated heterocycles. The van der Waals surface area contributed by atoms with E-state index in [-0.39, 0.29) is 12.1 Å². The minimum Gasteiger partial charge on any atom is -0.452 e. The van der Waals surface area contributed by atoms with Crippen molar-refractivity contribution in [2.75, 3.05) is 36.5 Å². The van der Waals surface area contributed by atoms with Crippen LogP contribution in [0.5, 0.6) is 0 Å². The zero-order valence-electron chi connectivity index (χ0n) is 19.8. The van der Waals surface area contributed by atoms with E-state index in [9.17, 15) is 9.59 Å². The zero-order valence-corrected chi connectivity index (χ0v) is 19.8. The molecule has 1 atom stereocenters. The van der Waals surface area contributed by atoms with E-state index < -0.39 is 12.2 Å². The molecule has 178 valence electrons. The number of anilines is 2. The molecule has 1 fully saturated rings. The normalized spacial score (nSPS) is 18.9. The fraction of sp³-hybridized carbons (Fsp3) is 0.542. The minimum atomic E-state index is -0.455. The summed E-state index contributed by atoms with van der Waals surface area (Å²) in [4.78, 5) is 28.6. The summed E-state index contributed by atoms with van der Waals surface area (Å²) in [5.41, 5.74) is 3.12. The number of aromatic nitrogens is 2. The Morgan fingerprint density at radius 3 is 2.61 bits per heavy atom. The molecule has 33 heavy (non-hydrogen) atoms. The Labute approximate surface area is 194 Å². The Bertz CT molecular complexity index is 998. The largest absolute Gasteiger partial charge is 0.452 e. The first kappa shape index (κ1) is 23.1. The highest BCUT2D eigenvalue weighted by Gasteiger charge is 2.36. The summed E-state index contributed by atoms with van der Waals surface area (Å²) >= 11 is 0. The fourth-order valence-corrected chi connectivity index (χ4v) is 4.56. The second-order valence-corrected chi connectivity index (χ2v) is 9.08. The van der Waals surface area contributed by atoms with Gasteiger partial charge < -0.3 is 14.8 Å². The molecule has 2 aliphatic heterocycles. The monoisotopic (exact) mass is 455 g/mol. The molecule has 0 radical (unpaired) electrons. The van der Waals surface area contributed by atoms with Gasteiger partial charge in [0, 0.05) is 18.3 Å². The van der Waals surface area contributed by atoms with E-state index in [1.165, 1.54) is 7.11 Å². The van der Waals surface area contributed by atoms with Crippen LogP contribution in [0.15, 0.2) is 30.6 Å². The lowest BCUT2D eigenvalue weighted by atomic mass is 9.98. The maximum absolute atomic E-state index is 12.9. The van der Waals surface area contributed by atoms with E-state index in [1.54, 1.807) is 9.80 Å². The number of hydrogen-bond acceptors (Lipinski definition) is 6. The van der Waals surface area contributed by atoms with Gasteiger partial charge in [0.2, 0.25) is 0 Å². The number of nitrogens with one attached hydrogen (secondary N) is 1. The number of piperidine rings is 1. The third-order valence-corrected chi connectivity index (χ3v) is 6.21. The van der Waals surface area contributed by atoms with Crippen molar-refractivity contribution in [1.29, 1.82) is 0 Å². The molecular weight excluding hydrogens is 422 g/mol. The van der Waals surface area contributed by atoms with Gasteiger partial charge in [0.15, 0.2) is 0 Å². The smallest absolute Gasteiger partial charge is 0.414 e. The lowest BCUT2D eigenvalue weighted by molar-refractivity contribution is 0.121. The standard InChI is InChI=1S/C24H33N5O4/c1-16(2)33-23(30)28-13-17(3)29(24(31)32-4)21-6-5-19(11-22(21)28)20-12-26-27(15-20)14-18-7-9-25-10-8-18/h5-6,11-12,15-18,25H,7-10,13-14H2,1-4H3. The van der Waals surface area contributed by atoms with Crippen LogP contribution in [0.25, 0.3) is 11.1 Å². The highest BCUT2D eigenvalue weighted by molar-refractivity contribution is 6.01. The Kier molecular flexibility index (Phi) is 6.88. The van der Waals surface area contributed by atoms with Crippen LogP contribution < -0.4 is 15.1 Å². The molecule has 0 bridgehead atoms. The van der Waals surface area contributed by atoms with Crippen LogP contribution in [0, 0.1) is 5.92 Å². The van der Waals surface area contributed by atoms with Crippen molar-refractivity contribution in [2.24, 2.45) is 5.92 Å². The van der Waals surface area contributed by atoms with Crippen LogP contribution in [0.3, 0.4) is 0 Å². The van der Waals surface area contributed by atoms with E-state index in [4.69, 9.17) is 9.47 Å². The number of methoxy groups -OCH3 is 1. The first-order chi connectivity index (χ1) is 15.9. The van der Waals surface area contributed by atoms with Crippen molar-refractivity contribution in [3.05, 3.63) is 30.6 Å². The van der Waals surface area contributed by atoms with Gasteiger partial charge in [-0.3, -0.25) is 14.5 Å². The molecule has 9 nitrogen and oxygen atoms in total. The summed E-state index contributed by atoms with van der Waals surface area (Å²) < 4.78 is 12.5. The van der Waals surface area contributed by atoms with Crippen molar-refractivity contribution in [3.63, 3.8) is 0 Å². The van der Waals surface area contributed by atoms with Gasteiger partial charge in [0.05, 0.1) is 43.4 Å². The van der Waals surface area contributed by atoms with Crippen LogP contribution >= 0.6 is 0 Å². The summed E-state index contributed by atoms with van der Waals surface area (Å²) in [7, 11) is 1.36. The first-order valence-corrected chi connectivity index (χ1v) is 11.6. The second-order valence-electron chi connectivity index (χ2n) is 9.08. The second kappa shape index (κ2) is 9.82. The number of nitrogens with zero attached hydrogens (tertiary/aromatic N) is 4. The first-order valence-electron chi connectivity index (χ1n) is 11.6. The lowest BCUT2D eigenvalue weighted by Gasteiger charge is -2.40. The van der Waals surface area contributed by atoms with Crippen LogP contribution in [0.2, 0.25) is 0 Å². The van der Waals surface area contributed by atoms with Gasteiger partial charge in [0.1, 0.15) is 0 Å². The maximum Gasteiger partial charge on any atom is 0.414 e. The van der Waals surface area contributed by atoms with Crippen LogP contribution in [-0.4, -0.2) is 60.9 Å². The molecule has 0 spiro atoms. The SMILES string of the molecule is COC(=O)N1c2ccc(-c3cnn(CC4CCNCC4)c3)cc2N(C(=O)OC(C)C)CC1C. The van der Waals surface area contributed by atoms with Gasteiger partial charge in [-0.15, -0.1) is 0 Å². The molecule has 1 aromatic carbocycles. The molecule has 1 N–H and O–H groups in total. The fourth-order valence-electron chi connectivity index (χ4n) is 4.56. The zero-order chi connectivity index (χ0) is 23.5. The number of carbonyl (C=O) groups is 2. The minimum absolute atomic E-state index is 0.244. The molecule has 2 aromatic rings. The summed E-state index contributed by atoms with van der Waals surface area (Å²) in [5.74, 6) is 0.624. The Hall–Kier alpha value is -3.07. The van der Waals surface area contributed by atoms with E-state index in [0.29, 0.717) is 23.8 Å². The summed E-state index contributed by atoms with van der Waals surface area (Å²) in [5, 5.41) is 7.96. The van der Waals surface area contributed by atoms with Crippen molar-refractivity contribution in [3.8, 4) is 11.1 Å². The van der Waals surface area contributed by atoms with Crippen LogP contribution in [0.1, 0.15) is 33.6 Å². The number of benzene rings is 1. The number of rotatable bonds is 4. The van der Waals surface area contributed by atoms with Crippen LogP contribution in [0.4, 0.5) is 21.0 Å². The molecule has 0 saturated carbocycles. The van der Waals surface area contributed by atoms with E-state index in [1.807, 2.05) is 56.0 Å². The number of fused-ring (bicyclic) bond motifs is 1. The maximum atomic E-state index is 12.9. The summed E-state index contributed by atoms with van der Waals surface area (Å²) in [6, 6.07) is 5.47. The molecular formula is C24H33N5O4. The van der Waals surface area contributed by atoms with Crippen molar-refractivity contribution in [1.82, 2.24) is 15.1 Å². The van der Waals surface area contributed by atoms with Crippen LogP contribution in [-0.2, 0) is 16.0 Å². The van der Waals surface area contributed by atoms with Gasteiger partial charge in [-0.25, -0.2) is 9.59 Å². The molecule has 1 aromatic heterocycles. The molecule has 0 aliphatic carbocycles. The predicted molar refractivity (Wildman–Crippen MR) is 127 cm³/mol. The highest BCUT2D eigenvalue weighted by atomic mass is 16.6. The Morgan fingerprint density at radius 2 is 1.91 bits per heavy atom. The third-order valence-electron chi connectivity index (χ3n) is 6.21. The number of carbonyl (C=O) groups excluding carboxylic acids is 2. The molecule has 1 unspecified atom stereocenters.